The van der Waals surface area contributed by atoms with E-state index in [4.69, 9.17) is 9.63 Å². The molecule has 9 nitrogen and oxygen atoms in total. The predicted octanol–water partition coefficient (Wildman–Crippen LogP) is 2.90. The fraction of sp³-hybridized carbons (Fsp3) is 0.400. The number of benzene rings is 1. The third-order valence-corrected chi connectivity index (χ3v) is 5.68. The smallest absolute Gasteiger partial charge is 0.322 e. The third kappa shape index (κ3) is 3.87. The number of carboxylic acid groups (broad SMARTS) is 1. The number of aromatic nitrogens is 1. The van der Waals surface area contributed by atoms with Crippen LogP contribution in [-0.4, -0.2) is 45.7 Å². The molecule has 1 fully saturated rings. The van der Waals surface area contributed by atoms with Crippen LogP contribution in [0, 0.1) is 23.4 Å². The van der Waals surface area contributed by atoms with Gasteiger partial charge in [-0.15, -0.1) is 0 Å². The zero-order valence-corrected chi connectivity index (χ0v) is 16.9. The van der Waals surface area contributed by atoms with Gasteiger partial charge in [0.25, 0.3) is 0 Å². The number of fused-ring (bicyclic) bond motifs is 1. The van der Waals surface area contributed by atoms with E-state index < -0.39 is 41.3 Å². The fourth-order valence-electron chi connectivity index (χ4n) is 4.02. The van der Waals surface area contributed by atoms with E-state index in [0.717, 1.165) is 0 Å². The lowest BCUT2D eigenvalue weighted by Gasteiger charge is -2.33. The van der Waals surface area contributed by atoms with E-state index in [9.17, 15) is 27.6 Å². The van der Waals surface area contributed by atoms with Crippen molar-refractivity contribution in [1.82, 2.24) is 10.1 Å². The Morgan fingerprint density at radius 1 is 1.28 bits per heavy atom. The Morgan fingerprint density at radius 2 is 1.97 bits per heavy atom. The first-order chi connectivity index (χ1) is 15.2. The Kier molecular flexibility index (Phi) is 5.53. The molecule has 12 heteroatoms. The van der Waals surface area contributed by atoms with Gasteiger partial charge in [0.1, 0.15) is 0 Å². The van der Waals surface area contributed by atoms with Crippen molar-refractivity contribution in [2.45, 2.75) is 38.8 Å². The Morgan fingerprint density at radius 3 is 2.62 bits per heavy atom. The van der Waals surface area contributed by atoms with Gasteiger partial charge in [-0.25, -0.2) is 18.0 Å². The number of nitrogens with zero attached hydrogens (tertiary/aromatic N) is 3. The molecule has 2 aromatic rings. The van der Waals surface area contributed by atoms with Crippen molar-refractivity contribution >= 4 is 29.5 Å². The first kappa shape index (κ1) is 21.7. The number of urea groups is 1. The summed E-state index contributed by atoms with van der Waals surface area (Å²) in [5.41, 5.74) is 0.810. The van der Waals surface area contributed by atoms with Crippen LogP contribution in [0.2, 0.25) is 0 Å². The quantitative estimate of drug-likeness (QED) is 0.690. The second kappa shape index (κ2) is 8.17. The van der Waals surface area contributed by atoms with Gasteiger partial charge >= 0.3 is 12.0 Å². The summed E-state index contributed by atoms with van der Waals surface area (Å²) in [7, 11) is 0. The zero-order chi connectivity index (χ0) is 23.2. The van der Waals surface area contributed by atoms with Crippen molar-refractivity contribution in [2.24, 2.45) is 5.92 Å². The lowest BCUT2D eigenvalue weighted by molar-refractivity contribution is -0.140. The number of aliphatic carboxylic acids is 1. The van der Waals surface area contributed by atoms with Crippen LogP contribution in [0.4, 0.5) is 29.5 Å². The molecule has 0 spiro atoms. The molecule has 0 bridgehead atoms. The van der Waals surface area contributed by atoms with Crippen molar-refractivity contribution in [3.8, 4) is 0 Å². The van der Waals surface area contributed by atoms with Gasteiger partial charge in [0.2, 0.25) is 11.8 Å². The van der Waals surface area contributed by atoms with E-state index in [-0.39, 0.29) is 37.1 Å². The maximum Gasteiger partial charge on any atom is 0.322 e. The highest BCUT2D eigenvalue weighted by molar-refractivity contribution is 5.98. The molecule has 3 heterocycles. The number of carbonyl (C=O) groups excluding carboxylic acids is 2. The van der Waals surface area contributed by atoms with E-state index in [1.165, 1.54) is 9.80 Å². The average molecular weight is 452 g/mol. The number of hydrogen-bond acceptors (Lipinski definition) is 5. The van der Waals surface area contributed by atoms with Gasteiger partial charge in [-0.05, 0) is 13.3 Å². The summed E-state index contributed by atoms with van der Waals surface area (Å²) in [6, 6.07) is 0.307. The Labute approximate surface area is 179 Å². The van der Waals surface area contributed by atoms with Crippen molar-refractivity contribution in [3.05, 3.63) is 40.8 Å². The maximum atomic E-state index is 13.5. The van der Waals surface area contributed by atoms with E-state index in [1.807, 2.05) is 0 Å². The van der Waals surface area contributed by atoms with Crippen molar-refractivity contribution in [3.63, 3.8) is 0 Å². The minimum atomic E-state index is -1.63. The summed E-state index contributed by atoms with van der Waals surface area (Å²) < 4.78 is 45.5. The highest BCUT2D eigenvalue weighted by Gasteiger charge is 2.40. The van der Waals surface area contributed by atoms with Gasteiger partial charge in [0.05, 0.1) is 30.1 Å². The van der Waals surface area contributed by atoms with Gasteiger partial charge in [0, 0.05) is 36.8 Å². The monoisotopic (exact) mass is 452 g/mol. The summed E-state index contributed by atoms with van der Waals surface area (Å²) in [6.07, 6.45) is 0.365. The lowest BCUT2D eigenvalue weighted by atomic mass is 10.0. The molecule has 2 N–H and O–H groups in total. The minimum absolute atomic E-state index is 0.000697. The molecule has 2 aliphatic heterocycles. The Hall–Kier alpha value is -3.57. The molecule has 32 heavy (non-hydrogen) atoms. The molecule has 0 aliphatic carbocycles. The topological polar surface area (TPSA) is 116 Å². The SMILES string of the molecule is CC1Cc2noc(N3CCC(CC(=O)O)C3=O)c2CN1C(=O)Nc1cc(F)c(F)c(F)c1. The third-order valence-electron chi connectivity index (χ3n) is 5.68. The summed E-state index contributed by atoms with van der Waals surface area (Å²) in [4.78, 5) is 39.1. The largest absolute Gasteiger partial charge is 0.481 e. The van der Waals surface area contributed by atoms with Gasteiger partial charge < -0.3 is 19.8 Å². The number of hydrogen-bond donors (Lipinski definition) is 2. The number of carbonyl (C=O) groups is 3. The molecule has 2 aliphatic rings. The van der Waals surface area contributed by atoms with Gasteiger partial charge in [-0.3, -0.25) is 14.5 Å². The first-order valence-electron chi connectivity index (χ1n) is 9.88. The number of amides is 3. The summed E-state index contributed by atoms with van der Waals surface area (Å²) in [6.45, 7) is 2.00. The molecule has 1 aromatic carbocycles. The van der Waals surface area contributed by atoms with Gasteiger partial charge in [-0.2, -0.15) is 0 Å². The zero-order valence-electron chi connectivity index (χ0n) is 16.9. The predicted molar refractivity (Wildman–Crippen MR) is 103 cm³/mol. The van der Waals surface area contributed by atoms with Crippen LogP contribution in [0.3, 0.4) is 0 Å². The Bertz CT molecular complexity index is 1080. The van der Waals surface area contributed by atoms with E-state index in [2.05, 4.69) is 10.5 Å². The molecule has 1 aromatic heterocycles. The minimum Gasteiger partial charge on any atom is -0.481 e. The molecule has 1 saturated heterocycles. The highest BCUT2D eigenvalue weighted by atomic mass is 19.2. The standard InChI is InChI=1S/C20H19F3N4O5/c1-9-4-15-12(19(32-25-15)26-3-2-10(18(26)30)5-16(28)29)8-27(9)20(31)24-11-6-13(21)17(23)14(22)7-11/h6-7,9-10H,2-5,8H2,1H3,(H,24,31)(H,28,29). The van der Waals surface area contributed by atoms with Crippen LogP contribution < -0.4 is 10.2 Å². The molecule has 170 valence electrons. The van der Waals surface area contributed by atoms with Crippen LogP contribution in [0.5, 0.6) is 0 Å². The highest BCUT2D eigenvalue weighted by Crippen LogP contribution is 2.35. The van der Waals surface area contributed by atoms with Crippen LogP contribution >= 0.6 is 0 Å². The van der Waals surface area contributed by atoms with E-state index >= 15 is 0 Å². The maximum absolute atomic E-state index is 13.5. The molecule has 2 atom stereocenters. The number of carboxylic acids is 1. The molecule has 0 saturated carbocycles. The number of anilines is 2. The van der Waals surface area contributed by atoms with Crippen molar-refractivity contribution < 1.29 is 37.2 Å². The molecule has 2 unspecified atom stereocenters. The second-order valence-corrected chi connectivity index (χ2v) is 7.85. The lowest BCUT2D eigenvalue weighted by Crippen LogP contribution is -2.45. The average Bonchev–Trinajstić information content (AvgIpc) is 3.27. The summed E-state index contributed by atoms with van der Waals surface area (Å²) in [5, 5.41) is 15.3. The Balaban J connectivity index is 1.53. The molecule has 4 rings (SSSR count). The molecular weight excluding hydrogens is 433 g/mol. The van der Waals surface area contributed by atoms with Crippen molar-refractivity contribution in [2.75, 3.05) is 16.8 Å². The summed E-state index contributed by atoms with van der Waals surface area (Å²) >= 11 is 0. The van der Waals surface area contributed by atoms with Crippen LogP contribution in [0.1, 0.15) is 31.0 Å². The number of halogens is 3. The first-order valence-corrected chi connectivity index (χ1v) is 9.88. The van der Waals surface area contributed by atoms with Gasteiger partial charge in [0.15, 0.2) is 17.5 Å². The number of rotatable bonds is 4. The van der Waals surface area contributed by atoms with Gasteiger partial charge in [-0.1, -0.05) is 5.16 Å². The second-order valence-electron chi connectivity index (χ2n) is 7.85. The molecule has 3 amide bonds. The molecule has 0 radical (unpaired) electrons. The fourth-order valence-corrected chi connectivity index (χ4v) is 4.02. The van der Waals surface area contributed by atoms with Crippen LogP contribution in [0.25, 0.3) is 0 Å². The van der Waals surface area contributed by atoms with E-state index in [1.54, 1.807) is 6.92 Å². The van der Waals surface area contributed by atoms with Crippen molar-refractivity contribution in [1.29, 1.82) is 0 Å². The van der Waals surface area contributed by atoms with Crippen LogP contribution in [0.15, 0.2) is 16.7 Å². The summed E-state index contributed by atoms with van der Waals surface area (Å²) in [5.74, 6) is -6.48. The van der Waals surface area contributed by atoms with E-state index in [0.29, 0.717) is 36.2 Å². The normalized spacial score (nSPS) is 20.4. The number of nitrogens with one attached hydrogen (secondary N) is 1. The molecular formula is C20H19F3N4O5. The van der Waals surface area contributed by atoms with Crippen LogP contribution in [-0.2, 0) is 22.6 Å².